The van der Waals surface area contributed by atoms with Gasteiger partial charge in [-0.3, -0.25) is 4.79 Å². The van der Waals surface area contributed by atoms with Gasteiger partial charge in [-0.25, -0.2) is 0 Å². The maximum Gasteiger partial charge on any atom is 0.226 e. The largest absolute Gasteiger partial charge is 0.316 e. The van der Waals surface area contributed by atoms with E-state index in [0.29, 0.717) is 6.42 Å². The molecular formula is C25H23NO. The lowest BCUT2D eigenvalue weighted by atomic mass is 10.00. The normalized spacial score (nSPS) is 17.0. The minimum atomic E-state index is 0.216. The molecular weight excluding hydrogens is 330 g/mol. The molecule has 1 saturated heterocycles. The zero-order chi connectivity index (χ0) is 18.5. The van der Waals surface area contributed by atoms with Crippen molar-refractivity contribution in [1.29, 1.82) is 0 Å². The first-order valence-corrected chi connectivity index (χ1v) is 9.48. The third-order valence-corrected chi connectivity index (χ3v) is 5.13. The van der Waals surface area contributed by atoms with Crippen molar-refractivity contribution < 1.29 is 4.79 Å². The van der Waals surface area contributed by atoms with E-state index in [1.165, 1.54) is 16.7 Å². The number of carbonyl (C=O) groups is 1. The summed E-state index contributed by atoms with van der Waals surface area (Å²) in [4.78, 5) is 14.2. The number of nitrogens with zero attached hydrogens (tertiary/aromatic N) is 1. The monoisotopic (exact) mass is 353 g/mol. The molecule has 0 aromatic heterocycles. The van der Waals surface area contributed by atoms with Crippen LogP contribution in [0, 0.1) is 0 Å². The molecule has 27 heavy (non-hydrogen) atoms. The molecule has 1 unspecified atom stereocenters. The van der Waals surface area contributed by atoms with Crippen molar-refractivity contribution in [3.63, 3.8) is 0 Å². The van der Waals surface area contributed by atoms with Gasteiger partial charge in [0.15, 0.2) is 0 Å². The highest BCUT2D eigenvalue weighted by molar-refractivity contribution is 5.80. The SMILES string of the molecule is O=C1CCC(Cc2ccc(-c3ccccc3)cc2)N1C=Cc1ccccc1. The van der Waals surface area contributed by atoms with E-state index < -0.39 is 0 Å². The summed E-state index contributed by atoms with van der Waals surface area (Å²) in [5.41, 5.74) is 4.84. The van der Waals surface area contributed by atoms with E-state index >= 15 is 0 Å². The van der Waals surface area contributed by atoms with E-state index in [-0.39, 0.29) is 11.9 Å². The summed E-state index contributed by atoms with van der Waals surface area (Å²) in [6.45, 7) is 0. The molecule has 134 valence electrons. The Bertz CT molecular complexity index is 914. The Morgan fingerprint density at radius 2 is 1.44 bits per heavy atom. The summed E-state index contributed by atoms with van der Waals surface area (Å²) >= 11 is 0. The number of carbonyl (C=O) groups excluding carboxylic acids is 1. The Hall–Kier alpha value is -3.13. The first kappa shape index (κ1) is 17.3. The van der Waals surface area contributed by atoms with Crippen molar-refractivity contribution >= 4 is 12.0 Å². The number of likely N-dealkylation sites (tertiary alicyclic amines) is 1. The molecule has 2 nitrogen and oxygen atoms in total. The van der Waals surface area contributed by atoms with E-state index in [1.54, 1.807) is 0 Å². The molecule has 0 aliphatic carbocycles. The zero-order valence-electron chi connectivity index (χ0n) is 15.3. The smallest absolute Gasteiger partial charge is 0.226 e. The second kappa shape index (κ2) is 8.05. The Kier molecular flexibility index (Phi) is 5.15. The zero-order valence-corrected chi connectivity index (χ0v) is 15.3. The van der Waals surface area contributed by atoms with Crippen LogP contribution in [-0.2, 0) is 11.2 Å². The lowest BCUT2D eigenvalue weighted by Gasteiger charge is -2.21. The Morgan fingerprint density at radius 3 is 2.15 bits per heavy atom. The van der Waals surface area contributed by atoms with Crippen LogP contribution in [-0.4, -0.2) is 16.8 Å². The molecule has 3 aromatic rings. The highest BCUT2D eigenvalue weighted by Crippen LogP contribution is 2.25. The lowest BCUT2D eigenvalue weighted by Crippen LogP contribution is -2.29. The first-order valence-electron chi connectivity index (χ1n) is 9.48. The van der Waals surface area contributed by atoms with Gasteiger partial charge in [0.1, 0.15) is 0 Å². The van der Waals surface area contributed by atoms with Gasteiger partial charge in [-0.2, -0.15) is 0 Å². The Labute approximate surface area is 160 Å². The first-order chi connectivity index (χ1) is 13.3. The average molecular weight is 353 g/mol. The number of amides is 1. The minimum Gasteiger partial charge on any atom is -0.316 e. The van der Waals surface area contributed by atoms with Crippen LogP contribution >= 0.6 is 0 Å². The van der Waals surface area contributed by atoms with Gasteiger partial charge < -0.3 is 4.90 Å². The van der Waals surface area contributed by atoms with Crippen LogP contribution < -0.4 is 0 Å². The molecule has 0 spiro atoms. The van der Waals surface area contributed by atoms with Crippen molar-refractivity contribution in [2.75, 3.05) is 0 Å². The van der Waals surface area contributed by atoms with Gasteiger partial charge in [-0.15, -0.1) is 0 Å². The van der Waals surface area contributed by atoms with E-state index in [0.717, 1.165) is 18.4 Å². The van der Waals surface area contributed by atoms with E-state index in [9.17, 15) is 4.79 Å². The molecule has 0 saturated carbocycles. The molecule has 1 atom stereocenters. The average Bonchev–Trinajstić information content (AvgIpc) is 3.07. The van der Waals surface area contributed by atoms with Crippen LogP contribution in [0.5, 0.6) is 0 Å². The van der Waals surface area contributed by atoms with Crippen LogP contribution in [0.2, 0.25) is 0 Å². The maximum absolute atomic E-state index is 12.3. The van der Waals surface area contributed by atoms with Gasteiger partial charge >= 0.3 is 0 Å². The lowest BCUT2D eigenvalue weighted by molar-refractivity contribution is -0.126. The number of rotatable bonds is 5. The van der Waals surface area contributed by atoms with Crippen LogP contribution in [0.25, 0.3) is 17.2 Å². The van der Waals surface area contributed by atoms with Crippen molar-refractivity contribution in [3.8, 4) is 11.1 Å². The molecule has 1 amide bonds. The molecule has 0 radical (unpaired) electrons. The topological polar surface area (TPSA) is 20.3 Å². The van der Waals surface area contributed by atoms with Crippen molar-refractivity contribution in [2.24, 2.45) is 0 Å². The Morgan fingerprint density at radius 1 is 0.815 bits per heavy atom. The number of benzene rings is 3. The fourth-order valence-electron chi connectivity index (χ4n) is 3.63. The third kappa shape index (κ3) is 4.17. The van der Waals surface area contributed by atoms with Gasteiger partial charge in [-0.05, 0) is 41.2 Å². The molecule has 2 heteroatoms. The van der Waals surface area contributed by atoms with E-state index in [1.807, 2.05) is 53.6 Å². The summed E-state index contributed by atoms with van der Waals surface area (Å²) in [6, 6.07) is 29.5. The molecule has 0 N–H and O–H groups in total. The van der Waals surface area contributed by atoms with Gasteiger partial charge in [0.25, 0.3) is 0 Å². The van der Waals surface area contributed by atoms with Crippen LogP contribution in [0.1, 0.15) is 24.0 Å². The second-order valence-corrected chi connectivity index (χ2v) is 6.99. The molecule has 0 bridgehead atoms. The minimum absolute atomic E-state index is 0.216. The summed E-state index contributed by atoms with van der Waals surface area (Å²) in [6.07, 6.45) is 6.41. The maximum atomic E-state index is 12.3. The van der Waals surface area contributed by atoms with Gasteiger partial charge in [0.05, 0.1) is 0 Å². The highest BCUT2D eigenvalue weighted by atomic mass is 16.2. The molecule has 1 heterocycles. The molecule has 1 aliphatic heterocycles. The fraction of sp³-hybridized carbons (Fsp3) is 0.160. The number of hydrogen-bond acceptors (Lipinski definition) is 1. The van der Waals surface area contributed by atoms with Gasteiger partial charge in [-0.1, -0.05) is 84.9 Å². The van der Waals surface area contributed by atoms with Gasteiger partial charge in [0, 0.05) is 18.7 Å². The van der Waals surface area contributed by atoms with Crippen molar-refractivity contribution in [2.45, 2.75) is 25.3 Å². The summed E-state index contributed by atoms with van der Waals surface area (Å²) in [7, 11) is 0. The molecule has 3 aromatic carbocycles. The predicted molar refractivity (Wildman–Crippen MR) is 111 cm³/mol. The van der Waals surface area contributed by atoms with E-state index in [4.69, 9.17) is 0 Å². The van der Waals surface area contributed by atoms with Crippen LogP contribution in [0.15, 0.2) is 91.1 Å². The fourth-order valence-corrected chi connectivity index (χ4v) is 3.63. The second-order valence-electron chi connectivity index (χ2n) is 6.99. The molecule has 4 rings (SSSR count). The van der Waals surface area contributed by atoms with Gasteiger partial charge in [0.2, 0.25) is 5.91 Å². The third-order valence-electron chi connectivity index (χ3n) is 5.13. The molecule has 1 aliphatic rings. The summed E-state index contributed by atoms with van der Waals surface area (Å²) in [5.74, 6) is 0.216. The summed E-state index contributed by atoms with van der Waals surface area (Å²) in [5, 5.41) is 0. The number of hydrogen-bond donors (Lipinski definition) is 0. The van der Waals surface area contributed by atoms with Crippen molar-refractivity contribution in [3.05, 3.63) is 102 Å². The predicted octanol–water partition coefficient (Wildman–Crippen LogP) is 5.56. The van der Waals surface area contributed by atoms with Crippen LogP contribution in [0.4, 0.5) is 0 Å². The van der Waals surface area contributed by atoms with Crippen molar-refractivity contribution in [1.82, 2.24) is 4.90 Å². The summed E-state index contributed by atoms with van der Waals surface area (Å²) < 4.78 is 0. The Balaban J connectivity index is 1.46. The standard InChI is InChI=1S/C25H23NO/c27-25-16-15-24(26(25)18-17-20-7-3-1-4-8-20)19-21-11-13-23(14-12-21)22-9-5-2-6-10-22/h1-14,17-18,24H,15-16,19H2. The quantitative estimate of drug-likeness (QED) is 0.588. The molecule has 1 fully saturated rings. The van der Waals surface area contributed by atoms with Crippen LogP contribution in [0.3, 0.4) is 0 Å². The highest BCUT2D eigenvalue weighted by Gasteiger charge is 2.29. The van der Waals surface area contributed by atoms with E-state index in [2.05, 4.69) is 48.5 Å².